The lowest BCUT2D eigenvalue weighted by molar-refractivity contribution is -0.193. The Hall–Kier alpha value is -6.90. The quantitative estimate of drug-likeness (QED) is 0.130. The summed E-state index contributed by atoms with van der Waals surface area (Å²) in [7, 11) is 0. The Labute approximate surface area is 433 Å². The van der Waals surface area contributed by atoms with Crippen LogP contribution in [0.1, 0.15) is 46.7 Å². The number of rotatable bonds is 13. The fraction of sp³-hybridized carbons (Fsp3) is 0.448. The molecule has 16 heteroatoms. The van der Waals surface area contributed by atoms with Crippen molar-refractivity contribution in [2.45, 2.75) is 73.0 Å². The first kappa shape index (κ1) is 54.9. The molecule has 4 aliphatic heterocycles. The summed E-state index contributed by atoms with van der Waals surface area (Å²) in [6.45, 7) is 25.8. The number of fused-ring (bicyclic) bond motifs is 4. The molecular formula is C58H70N6O10. The first-order valence-electron chi connectivity index (χ1n) is 25.8. The van der Waals surface area contributed by atoms with Crippen molar-refractivity contribution in [3.8, 4) is 23.0 Å². The Morgan fingerprint density at radius 2 is 0.892 bits per heavy atom. The molecule has 0 saturated carbocycles. The molecule has 2 fully saturated rings. The van der Waals surface area contributed by atoms with Gasteiger partial charge in [0.1, 0.15) is 26.4 Å². The fourth-order valence-electron chi connectivity index (χ4n) is 10.4. The molecular weight excluding hydrogens is 941 g/mol. The summed E-state index contributed by atoms with van der Waals surface area (Å²) in [6, 6.07) is 29.5. The minimum Gasteiger partial charge on any atom is -0.486 e. The molecule has 0 bridgehead atoms. The van der Waals surface area contributed by atoms with Crippen molar-refractivity contribution < 1.29 is 38.1 Å². The summed E-state index contributed by atoms with van der Waals surface area (Å²) in [5.41, 5.74) is 9.39. The van der Waals surface area contributed by atoms with E-state index in [9.17, 15) is 9.59 Å². The third kappa shape index (κ3) is 14.4. The van der Waals surface area contributed by atoms with Crippen LogP contribution in [0.15, 0.2) is 94.5 Å². The predicted octanol–water partition coefficient (Wildman–Crippen LogP) is 6.11. The van der Waals surface area contributed by atoms with Crippen LogP contribution in [0, 0.1) is 27.7 Å². The summed E-state index contributed by atoms with van der Waals surface area (Å²) >= 11 is 0. The van der Waals surface area contributed by atoms with Crippen molar-refractivity contribution in [3.63, 3.8) is 0 Å². The van der Waals surface area contributed by atoms with Gasteiger partial charge in [-0.3, -0.25) is 19.4 Å². The number of hydrogen-bond donors (Lipinski definition) is 0. The maximum atomic E-state index is 12.9. The van der Waals surface area contributed by atoms with Crippen LogP contribution in [-0.2, 0) is 45.1 Å². The largest absolute Gasteiger partial charge is 0.486 e. The lowest BCUT2D eigenvalue weighted by Crippen LogP contribution is -2.54. The van der Waals surface area contributed by atoms with Crippen LogP contribution < -0.4 is 30.1 Å². The molecule has 1 unspecified atom stereocenters. The van der Waals surface area contributed by atoms with Crippen molar-refractivity contribution in [1.82, 2.24) is 28.7 Å². The van der Waals surface area contributed by atoms with Crippen LogP contribution in [-0.4, -0.2) is 145 Å². The second-order valence-corrected chi connectivity index (χ2v) is 19.4. The lowest BCUT2D eigenvalue weighted by Gasteiger charge is -2.41. The van der Waals surface area contributed by atoms with Gasteiger partial charge >= 0.3 is 12.3 Å². The van der Waals surface area contributed by atoms with Crippen molar-refractivity contribution in [3.05, 3.63) is 139 Å². The number of piperazine rings is 2. The van der Waals surface area contributed by atoms with Crippen molar-refractivity contribution in [2.24, 2.45) is 0 Å². The van der Waals surface area contributed by atoms with Gasteiger partial charge in [0, 0.05) is 114 Å². The molecule has 16 nitrogen and oxygen atoms in total. The number of aryl methyl sites for hydroxylation is 4. The van der Waals surface area contributed by atoms with E-state index in [1.165, 1.54) is 33.0 Å². The highest BCUT2D eigenvalue weighted by Crippen LogP contribution is 2.32. The summed E-state index contributed by atoms with van der Waals surface area (Å²) in [5.74, 6) is 3.46. The van der Waals surface area contributed by atoms with Gasteiger partial charge in [-0.05, 0) is 117 Å². The van der Waals surface area contributed by atoms with E-state index in [2.05, 4.69) is 101 Å². The molecule has 0 aliphatic carbocycles. The molecule has 4 aromatic carbocycles. The van der Waals surface area contributed by atoms with E-state index in [4.69, 9.17) is 38.1 Å². The Morgan fingerprint density at radius 1 is 0.473 bits per heavy atom. The van der Waals surface area contributed by atoms with Gasteiger partial charge in [0.25, 0.3) is 11.1 Å². The van der Waals surface area contributed by atoms with Crippen LogP contribution in [0.2, 0.25) is 0 Å². The summed E-state index contributed by atoms with van der Waals surface area (Å²) < 4.78 is 26.6. The number of hydrogen-bond acceptors (Lipinski definition) is 14. The molecule has 0 amide bonds. The second-order valence-electron chi connectivity index (χ2n) is 19.4. The third-order valence-corrected chi connectivity index (χ3v) is 14.5. The average Bonchev–Trinajstić information content (AvgIpc) is 3.40. The summed E-state index contributed by atoms with van der Waals surface area (Å²) in [4.78, 5) is 68.3. The van der Waals surface area contributed by atoms with Gasteiger partial charge in [0.2, 0.25) is 0 Å². The van der Waals surface area contributed by atoms with Gasteiger partial charge in [-0.2, -0.15) is 19.2 Å². The molecule has 0 spiro atoms. The Balaban J connectivity index is 0.000000196. The van der Waals surface area contributed by atoms with Crippen LogP contribution in [0.3, 0.4) is 0 Å². The molecule has 6 heterocycles. The van der Waals surface area contributed by atoms with E-state index in [-0.39, 0.29) is 23.4 Å². The molecule has 4 aliphatic rings. The van der Waals surface area contributed by atoms with E-state index in [0.29, 0.717) is 32.5 Å². The molecule has 1 atom stereocenters. The van der Waals surface area contributed by atoms with Crippen LogP contribution in [0.5, 0.6) is 23.0 Å². The number of carbonyl (C=O) groups excluding carboxylic acids is 4. The maximum Gasteiger partial charge on any atom is 0.373 e. The van der Waals surface area contributed by atoms with Gasteiger partial charge in [-0.15, -0.1) is 0 Å². The van der Waals surface area contributed by atoms with E-state index in [0.717, 1.165) is 150 Å². The molecule has 6 aromatic rings. The molecule has 2 saturated heterocycles. The Morgan fingerprint density at radius 3 is 1.36 bits per heavy atom. The zero-order chi connectivity index (χ0) is 52.6. The third-order valence-electron chi connectivity index (χ3n) is 14.5. The van der Waals surface area contributed by atoms with E-state index in [1.54, 1.807) is 12.1 Å². The highest BCUT2D eigenvalue weighted by Gasteiger charge is 2.26. The van der Waals surface area contributed by atoms with Crippen molar-refractivity contribution in [2.75, 3.05) is 98.4 Å². The molecule has 74 heavy (non-hydrogen) atoms. The Kier molecular flexibility index (Phi) is 19.9. The molecule has 0 N–H and O–H groups in total. The lowest BCUT2D eigenvalue weighted by atomic mass is 10.1. The van der Waals surface area contributed by atoms with Gasteiger partial charge in [0.05, 0.1) is 11.0 Å². The van der Waals surface area contributed by atoms with Crippen LogP contribution >= 0.6 is 0 Å². The van der Waals surface area contributed by atoms with Crippen molar-refractivity contribution in [1.29, 1.82) is 0 Å². The van der Waals surface area contributed by atoms with Crippen LogP contribution in [0.25, 0.3) is 21.8 Å². The van der Waals surface area contributed by atoms with Gasteiger partial charge in [-0.25, -0.2) is 0 Å². The highest BCUT2D eigenvalue weighted by molar-refractivity contribution is 5.83. The SMILES string of the molecule is CCC1CN(CCc2ccc3c(c2)OCCO3)CCN1CCn1c(=O)cc(C)c2ccc(C)cc21.Cc1ccc2c(C)cc(=O)n(CCN3CCN(CCc4ccc5c(c4)OCCO5)CC3)c2c1.O=C=O.O=C=O. The average molecular weight is 1010 g/mol. The second kappa shape index (κ2) is 26.9. The number of nitrogens with zero attached hydrogens (tertiary/aromatic N) is 6. The number of aromatic nitrogens is 2. The number of benzene rings is 4. The number of pyridine rings is 2. The summed E-state index contributed by atoms with van der Waals surface area (Å²) in [5, 5.41) is 2.34. The minimum absolute atomic E-state index is 0.101. The van der Waals surface area contributed by atoms with E-state index < -0.39 is 0 Å². The zero-order valence-electron chi connectivity index (χ0n) is 43.6. The standard InChI is InChI=1S/C29H37N3O3.C27H33N3O3.2CO2/c1-4-24-20-30(10-9-23-6-8-27-28(19-23)35-16-15-34-27)11-12-31(24)13-14-32-26-17-21(2)5-7-25(26)22(3)18-29(32)33;1-20-3-5-23-21(2)18-27(31)30(24(23)17-20)14-13-29-11-9-28(10-12-29)8-7-22-4-6-25-26(19-22)33-16-15-32-25;2*2-1-3/h5-8,17-19,24H,4,9-16,20H2,1-3H3;3-6,17-19H,7-16H2,1-2H3;;. The molecule has 392 valence electrons. The van der Waals surface area contributed by atoms with Crippen molar-refractivity contribution >= 4 is 34.1 Å². The maximum absolute atomic E-state index is 12.9. The first-order chi connectivity index (χ1) is 35.9. The topological polar surface area (TPSA) is 162 Å². The molecule has 10 rings (SSSR count). The minimum atomic E-state index is 0.101. The monoisotopic (exact) mass is 1010 g/mol. The first-order valence-corrected chi connectivity index (χ1v) is 25.8. The van der Waals surface area contributed by atoms with E-state index >= 15 is 0 Å². The summed E-state index contributed by atoms with van der Waals surface area (Å²) in [6.07, 6.45) is 3.64. The van der Waals surface area contributed by atoms with E-state index in [1.807, 2.05) is 35.1 Å². The normalized spacial score (nSPS) is 16.6. The predicted molar refractivity (Wildman–Crippen MR) is 283 cm³/mol. The van der Waals surface area contributed by atoms with Gasteiger partial charge in [-0.1, -0.05) is 43.3 Å². The van der Waals surface area contributed by atoms with Crippen LogP contribution in [0.4, 0.5) is 0 Å². The number of ether oxygens (including phenoxy) is 4. The van der Waals surface area contributed by atoms with Gasteiger partial charge < -0.3 is 37.9 Å². The smallest absolute Gasteiger partial charge is 0.373 e. The molecule has 0 radical (unpaired) electrons. The Bertz CT molecular complexity index is 3030. The zero-order valence-corrected chi connectivity index (χ0v) is 43.6. The highest BCUT2D eigenvalue weighted by atomic mass is 16.6. The molecule has 2 aromatic heterocycles. The fourth-order valence-corrected chi connectivity index (χ4v) is 10.4. The van der Waals surface area contributed by atoms with Gasteiger partial charge in [0.15, 0.2) is 23.0 Å².